The van der Waals surface area contributed by atoms with Crippen LogP contribution in [0.15, 0.2) is 24.2 Å². The second-order valence-corrected chi connectivity index (χ2v) is 6.70. The Balaban J connectivity index is 2.01. The van der Waals surface area contributed by atoms with E-state index in [1.54, 1.807) is 39.4 Å². The molecule has 0 radical (unpaired) electrons. The van der Waals surface area contributed by atoms with Gasteiger partial charge in [0.05, 0.1) is 25.3 Å². The second-order valence-electron chi connectivity index (χ2n) is 5.41. The number of nitrogen functional groups attached to an aromatic ring is 1. The minimum Gasteiger partial charge on any atom is -0.496 e. The highest BCUT2D eigenvalue weighted by atomic mass is 32.2. The highest BCUT2D eigenvalue weighted by Crippen LogP contribution is 2.47. The number of thioether (sulfide) groups is 1. The van der Waals surface area contributed by atoms with Gasteiger partial charge in [0.25, 0.3) is 5.91 Å². The smallest absolute Gasteiger partial charge is 0.257 e. The Morgan fingerprint density at radius 2 is 2.15 bits per heavy atom. The lowest BCUT2D eigenvalue weighted by Gasteiger charge is -2.17. The molecule has 0 fully saturated rings. The molecule has 0 aliphatic carbocycles. The number of carbonyl (C=O) groups excluding carboxylic acids is 1. The van der Waals surface area contributed by atoms with Crippen molar-refractivity contribution < 1.29 is 19.0 Å². The molecule has 3 rings (SSSR count). The summed E-state index contributed by atoms with van der Waals surface area (Å²) < 4.78 is 18.5. The molecule has 0 saturated carbocycles. The first-order valence-corrected chi connectivity index (χ1v) is 8.73. The Labute approximate surface area is 154 Å². The average Bonchev–Trinajstić information content (AvgIpc) is 3.21. The number of anilines is 1. The zero-order chi connectivity index (χ0) is 18.7. The van der Waals surface area contributed by atoms with Crippen molar-refractivity contribution in [2.24, 2.45) is 0 Å². The van der Waals surface area contributed by atoms with Crippen LogP contribution in [0.5, 0.6) is 0 Å². The SMILES string of the molecule is CNC(=O)COC1=C(OC)[C@@H](COC)S[C@H]1n1cnc2c(N)ncnc21. The van der Waals surface area contributed by atoms with Crippen LogP contribution in [0.1, 0.15) is 5.37 Å². The summed E-state index contributed by atoms with van der Waals surface area (Å²) >= 11 is 1.55. The van der Waals surface area contributed by atoms with E-state index in [0.717, 1.165) is 0 Å². The summed E-state index contributed by atoms with van der Waals surface area (Å²) in [5.74, 6) is 1.21. The van der Waals surface area contributed by atoms with Gasteiger partial charge in [-0.1, -0.05) is 0 Å². The number of rotatable bonds is 7. The molecule has 0 saturated heterocycles. The Morgan fingerprint density at radius 1 is 1.35 bits per heavy atom. The van der Waals surface area contributed by atoms with E-state index in [4.69, 9.17) is 19.9 Å². The van der Waals surface area contributed by atoms with Crippen LogP contribution in [0, 0.1) is 0 Å². The van der Waals surface area contributed by atoms with Crippen molar-refractivity contribution >= 4 is 34.7 Å². The van der Waals surface area contributed by atoms with E-state index in [1.165, 1.54) is 6.33 Å². The Kier molecular flexibility index (Phi) is 5.47. The van der Waals surface area contributed by atoms with Gasteiger partial charge in [0, 0.05) is 14.2 Å². The molecule has 10 nitrogen and oxygen atoms in total. The molecule has 140 valence electrons. The zero-order valence-corrected chi connectivity index (χ0v) is 15.4. The van der Waals surface area contributed by atoms with Crippen molar-refractivity contribution in [3.63, 3.8) is 0 Å². The minimum atomic E-state index is -0.325. The molecular formula is C15H20N6O4S. The van der Waals surface area contributed by atoms with E-state index in [-0.39, 0.29) is 23.1 Å². The van der Waals surface area contributed by atoms with E-state index in [2.05, 4.69) is 20.3 Å². The van der Waals surface area contributed by atoms with E-state index < -0.39 is 0 Å². The van der Waals surface area contributed by atoms with Crippen LogP contribution in [0.2, 0.25) is 0 Å². The molecule has 1 amide bonds. The van der Waals surface area contributed by atoms with Crippen LogP contribution in [0.4, 0.5) is 5.82 Å². The number of nitrogens with zero attached hydrogens (tertiary/aromatic N) is 4. The number of nitrogens with one attached hydrogen (secondary N) is 1. The van der Waals surface area contributed by atoms with Gasteiger partial charge in [-0.2, -0.15) is 0 Å². The van der Waals surface area contributed by atoms with Crippen LogP contribution in [-0.4, -0.2) is 65.2 Å². The fourth-order valence-corrected chi connectivity index (χ4v) is 4.10. The molecular weight excluding hydrogens is 360 g/mol. The fourth-order valence-electron chi connectivity index (χ4n) is 2.65. The number of hydrogen-bond donors (Lipinski definition) is 2. The minimum absolute atomic E-state index is 0.0914. The topological polar surface area (TPSA) is 126 Å². The maximum absolute atomic E-state index is 11.6. The average molecular weight is 380 g/mol. The van der Waals surface area contributed by atoms with Gasteiger partial charge in [-0.15, -0.1) is 11.8 Å². The Morgan fingerprint density at radius 3 is 2.85 bits per heavy atom. The van der Waals surface area contributed by atoms with Gasteiger partial charge in [-0.05, 0) is 0 Å². The predicted molar refractivity (Wildman–Crippen MR) is 96.1 cm³/mol. The summed E-state index contributed by atoms with van der Waals surface area (Å²) in [6.45, 7) is 0.306. The number of nitrogens with two attached hydrogens (primary N) is 1. The lowest BCUT2D eigenvalue weighted by Crippen LogP contribution is -2.24. The summed E-state index contributed by atoms with van der Waals surface area (Å²) in [4.78, 5) is 24.2. The lowest BCUT2D eigenvalue weighted by molar-refractivity contribution is -0.124. The number of hydrogen-bond acceptors (Lipinski definition) is 9. The van der Waals surface area contributed by atoms with Crippen LogP contribution in [0.3, 0.4) is 0 Å². The molecule has 2 aromatic heterocycles. The maximum atomic E-state index is 11.6. The molecule has 2 atom stereocenters. The van der Waals surface area contributed by atoms with Gasteiger partial charge in [0.2, 0.25) is 0 Å². The number of imidazole rings is 1. The first-order chi connectivity index (χ1) is 12.6. The van der Waals surface area contributed by atoms with Gasteiger partial charge in [0.1, 0.15) is 17.2 Å². The van der Waals surface area contributed by atoms with Crippen molar-refractivity contribution in [2.75, 3.05) is 40.2 Å². The molecule has 0 aromatic carbocycles. The summed E-state index contributed by atoms with van der Waals surface area (Å²) in [6, 6.07) is 0. The van der Waals surface area contributed by atoms with Crippen LogP contribution in [0.25, 0.3) is 11.2 Å². The third-order valence-electron chi connectivity index (χ3n) is 3.87. The van der Waals surface area contributed by atoms with E-state index in [9.17, 15) is 4.79 Å². The molecule has 3 heterocycles. The van der Waals surface area contributed by atoms with Gasteiger partial charge >= 0.3 is 0 Å². The highest BCUT2D eigenvalue weighted by Gasteiger charge is 2.39. The van der Waals surface area contributed by atoms with E-state index in [0.29, 0.717) is 35.1 Å². The zero-order valence-electron chi connectivity index (χ0n) is 14.6. The number of carbonyl (C=O) groups is 1. The van der Waals surface area contributed by atoms with E-state index in [1.807, 2.05) is 4.57 Å². The van der Waals surface area contributed by atoms with Crippen LogP contribution < -0.4 is 11.1 Å². The standard InChI is InChI=1S/C15H20N6O4S/c1-17-9(22)5-25-12-11(24-3)8(4-23-2)26-15(12)21-7-20-10-13(16)18-6-19-14(10)21/h6-8,15H,4-5H2,1-3H3,(H,17,22)(H2,16,18,19)/t8-,15-/m1/s1. The first kappa shape index (κ1) is 18.3. The van der Waals surface area contributed by atoms with Crippen molar-refractivity contribution in [2.45, 2.75) is 10.6 Å². The summed E-state index contributed by atoms with van der Waals surface area (Å²) in [5, 5.41) is 2.11. The van der Waals surface area contributed by atoms with Gasteiger partial charge in [0.15, 0.2) is 29.6 Å². The number of amides is 1. The first-order valence-electron chi connectivity index (χ1n) is 7.79. The summed E-state index contributed by atoms with van der Waals surface area (Å²) in [5.41, 5.74) is 6.95. The molecule has 1 aliphatic rings. The normalized spacial score (nSPS) is 19.8. The second kappa shape index (κ2) is 7.79. The van der Waals surface area contributed by atoms with Crippen molar-refractivity contribution in [3.8, 4) is 0 Å². The summed E-state index contributed by atoms with van der Waals surface area (Å²) in [7, 11) is 4.73. The largest absolute Gasteiger partial charge is 0.496 e. The van der Waals surface area contributed by atoms with Crippen molar-refractivity contribution in [1.29, 1.82) is 0 Å². The summed E-state index contributed by atoms with van der Waals surface area (Å²) in [6.07, 6.45) is 3.01. The number of methoxy groups -OCH3 is 2. The number of aromatic nitrogens is 4. The van der Waals surface area contributed by atoms with Gasteiger partial charge < -0.3 is 25.3 Å². The molecule has 0 bridgehead atoms. The Hall–Kier alpha value is -2.53. The molecule has 0 spiro atoms. The van der Waals surface area contributed by atoms with E-state index >= 15 is 0 Å². The molecule has 1 aliphatic heterocycles. The molecule has 26 heavy (non-hydrogen) atoms. The predicted octanol–water partition coefficient (Wildman–Crippen LogP) is 0.289. The van der Waals surface area contributed by atoms with Crippen LogP contribution in [-0.2, 0) is 19.0 Å². The van der Waals surface area contributed by atoms with Crippen molar-refractivity contribution in [3.05, 3.63) is 24.2 Å². The molecule has 2 aromatic rings. The Bertz CT molecular complexity index is 839. The van der Waals surface area contributed by atoms with Crippen molar-refractivity contribution in [1.82, 2.24) is 24.8 Å². The quantitative estimate of drug-likeness (QED) is 0.697. The highest BCUT2D eigenvalue weighted by molar-refractivity contribution is 8.00. The number of fused-ring (bicyclic) bond motifs is 1. The van der Waals surface area contributed by atoms with Gasteiger partial charge in [-0.25, -0.2) is 15.0 Å². The fraction of sp³-hybridized carbons (Fsp3) is 0.467. The molecule has 11 heteroatoms. The maximum Gasteiger partial charge on any atom is 0.257 e. The molecule has 3 N–H and O–H groups in total. The van der Waals surface area contributed by atoms with Gasteiger partial charge in [-0.3, -0.25) is 9.36 Å². The lowest BCUT2D eigenvalue weighted by atomic mass is 10.3. The number of likely N-dealkylation sites (N-methyl/N-ethyl adjacent to an activating group) is 1. The number of ether oxygens (including phenoxy) is 3. The van der Waals surface area contributed by atoms with Crippen LogP contribution >= 0.6 is 11.8 Å². The molecule has 0 unspecified atom stereocenters. The third-order valence-corrected chi connectivity index (χ3v) is 5.25. The third kappa shape index (κ3) is 3.27. The monoisotopic (exact) mass is 380 g/mol.